The third-order valence-electron chi connectivity index (χ3n) is 10.3. The number of allylic oxidation sites excluding steroid dienone is 11. The number of benzene rings is 6. The number of hydrogen-bond acceptors (Lipinski definition) is 4. The molecular formula is C61H64N2S2. The molecule has 0 saturated carbocycles. The molecular weight excluding hydrogens is 825 g/mol. The summed E-state index contributed by atoms with van der Waals surface area (Å²) >= 11 is 3.64. The predicted molar refractivity (Wildman–Crippen MR) is 297 cm³/mol. The zero-order chi connectivity index (χ0) is 47.1. The molecule has 0 radical (unpaired) electrons. The van der Waals surface area contributed by atoms with Gasteiger partial charge in [-0.25, -0.2) is 0 Å². The van der Waals surface area contributed by atoms with Crippen molar-refractivity contribution in [3.8, 4) is 11.1 Å². The zero-order valence-electron chi connectivity index (χ0n) is 39.1. The van der Waals surface area contributed by atoms with Gasteiger partial charge >= 0.3 is 0 Å². The molecule has 0 amide bonds. The Morgan fingerprint density at radius 3 is 1.62 bits per heavy atom. The zero-order valence-corrected chi connectivity index (χ0v) is 40.8. The highest BCUT2D eigenvalue weighted by Crippen LogP contribution is 2.41. The van der Waals surface area contributed by atoms with Crippen molar-refractivity contribution in [2.24, 2.45) is 0 Å². The maximum atomic E-state index is 4.24. The second kappa shape index (κ2) is 26.7. The number of para-hydroxylation sites is 1. The first-order valence-corrected chi connectivity index (χ1v) is 23.4. The van der Waals surface area contributed by atoms with Crippen LogP contribution in [0.3, 0.4) is 0 Å². The predicted octanol–water partition coefficient (Wildman–Crippen LogP) is 19.2. The van der Waals surface area contributed by atoms with Crippen LogP contribution in [0.1, 0.15) is 40.2 Å². The van der Waals surface area contributed by atoms with E-state index >= 15 is 0 Å². The van der Waals surface area contributed by atoms with Crippen LogP contribution in [-0.4, -0.2) is 7.05 Å². The van der Waals surface area contributed by atoms with Gasteiger partial charge < -0.3 is 9.80 Å². The largest absolute Gasteiger partial charge is 0.345 e. The minimum absolute atomic E-state index is 0.868. The standard InChI is InChI=1S/C42H36N2S.C9H8S.2C4H8.C2H4/c1-6-12-30(2)31(3)17-18-32(4)43(5)35-23-19-33(20-24-35)34-21-25-37(26-22-34)44(36-13-8-7-9-14-36)38-27-28-42-40(29-38)39-15-10-11-16-41(39)45-42;1-7-6-8-4-2-3-5-9(8)10-7;2*1-3-4-2;1-2/h6-29H,2-4H2,1,5H3;2-5H,1,6H2;2*3-4H,1-2H3;1-2H2/b12-6-,18-17-;;2*4-3-;. The van der Waals surface area contributed by atoms with Gasteiger partial charge in [-0.1, -0.05) is 159 Å². The molecule has 0 aliphatic carbocycles. The van der Waals surface area contributed by atoms with Crippen LogP contribution >= 0.6 is 23.1 Å². The molecule has 0 spiro atoms. The van der Waals surface area contributed by atoms with Crippen LogP contribution in [0.5, 0.6) is 0 Å². The Labute approximate surface area is 398 Å². The molecule has 2 nitrogen and oxygen atoms in total. The minimum atomic E-state index is 0.868. The van der Waals surface area contributed by atoms with Crippen molar-refractivity contribution >= 4 is 66.0 Å². The summed E-state index contributed by atoms with van der Waals surface area (Å²) in [6.07, 6.45) is 16.9. The van der Waals surface area contributed by atoms with E-state index in [4.69, 9.17) is 0 Å². The van der Waals surface area contributed by atoms with E-state index in [1.165, 1.54) is 35.5 Å². The minimum Gasteiger partial charge on any atom is -0.345 e. The first kappa shape index (κ1) is 50.8. The van der Waals surface area contributed by atoms with Gasteiger partial charge in [0.15, 0.2) is 0 Å². The first-order chi connectivity index (χ1) is 31.6. The molecule has 0 saturated heterocycles. The molecule has 65 heavy (non-hydrogen) atoms. The summed E-state index contributed by atoms with van der Waals surface area (Å²) in [6, 6.07) is 51.9. The molecule has 1 aromatic heterocycles. The van der Waals surface area contributed by atoms with Crippen LogP contribution in [0.25, 0.3) is 31.3 Å². The molecule has 330 valence electrons. The molecule has 0 bridgehead atoms. The van der Waals surface area contributed by atoms with E-state index in [0.29, 0.717) is 0 Å². The highest BCUT2D eigenvalue weighted by atomic mass is 32.2. The van der Waals surface area contributed by atoms with Crippen molar-refractivity contribution in [1.82, 2.24) is 0 Å². The van der Waals surface area contributed by atoms with Crippen LogP contribution in [0.15, 0.2) is 260 Å². The Bertz CT molecular complexity index is 2720. The molecule has 4 heteroatoms. The summed E-state index contributed by atoms with van der Waals surface area (Å²) in [7, 11) is 2.02. The summed E-state index contributed by atoms with van der Waals surface area (Å²) in [6.45, 7) is 32.3. The van der Waals surface area contributed by atoms with Gasteiger partial charge in [0.25, 0.3) is 0 Å². The van der Waals surface area contributed by atoms with Crippen molar-refractivity contribution in [1.29, 1.82) is 0 Å². The van der Waals surface area contributed by atoms with Crippen LogP contribution in [0, 0.1) is 0 Å². The molecule has 6 aromatic carbocycles. The molecule has 7 aromatic rings. The fourth-order valence-electron chi connectivity index (χ4n) is 6.60. The van der Waals surface area contributed by atoms with E-state index in [1.54, 1.807) is 11.8 Å². The number of rotatable bonds is 10. The fraction of sp³-hybridized carbons (Fsp3) is 0.115. The quantitative estimate of drug-likeness (QED) is 0.0998. The van der Waals surface area contributed by atoms with Gasteiger partial charge in [0.05, 0.1) is 0 Å². The summed E-state index contributed by atoms with van der Waals surface area (Å²) in [5.74, 6) is 0. The molecule has 0 atom stereocenters. The second-order valence-electron chi connectivity index (χ2n) is 14.7. The van der Waals surface area contributed by atoms with Crippen molar-refractivity contribution in [2.75, 3.05) is 16.8 Å². The monoisotopic (exact) mass is 888 g/mol. The smallest absolute Gasteiger partial charge is 0.0468 e. The third kappa shape index (κ3) is 14.3. The SMILES string of the molecule is C/C=C\C.C/C=C\C.C=C.C=C(/C=C\C)C(=C)/C=C\C(=C)N(C)c1ccc(-c2ccc(N(c3ccccc3)c3ccc4sc5ccccc5c4c3)cc2)cc1.C=C1Cc2ccccc2S1. The number of thioether (sulfide) groups is 1. The molecule has 0 unspecified atom stereocenters. The summed E-state index contributed by atoms with van der Waals surface area (Å²) in [5, 5.41) is 2.59. The topological polar surface area (TPSA) is 6.48 Å². The van der Waals surface area contributed by atoms with Crippen LogP contribution in [0.4, 0.5) is 22.7 Å². The molecule has 1 aliphatic rings. The molecule has 8 rings (SSSR count). The lowest BCUT2D eigenvalue weighted by Gasteiger charge is -2.26. The van der Waals surface area contributed by atoms with E-state index in [0.717, 1.165) is 57.1 Å². The number of nitrogens with zero attached hydrogens (tertiary/aromatic N) is 2. The molecule has 0 fully saturated rings. The lowest BCUT2D eigenvalue weighted by molar-refractivity contribution is 1.14. The summed E-state index contributed by atoms with van der Waals surface area (Å²) in [4.78, 5) is 7.05. The normalized spacial score (nSPS) is 11.5. The Morgan fingerprint density at radius 1 is 0.508 bits per heavy atom. The summed E-state index contributed by atoms with van der Waals surface area (Å²) in [5.41, 5.74) is 10.8. The van der Waals surface area contributed by atoms with Crippen molar-refractivity contribution in [3.63, 3.8) is 0 Å². The second-order valence-corrected chi connectivity index (χ2v) is 17.0. The van der Waals surface area contributed by atoms with Gasteiger partial charge in [-0.15, -0.1) is 24.5 Å². The van der Waals surface area contributed by atoms with Gasteiger partial charge in [0.2, 0.25) is 0 Å². The highest BCUT2D eigenvalue weighted by molar-refractivity contribution is 8.03. The molecule has 2 heterocycles. The van der Waals surface area contributed by atoms with Gasteiger partial charge in [-0.05, 0) is 140 Å². The maximum absolute atomic E-state index is 4.24. The number of thiophene rings is 1. The van der Waals surface area contributed by atoms with E-state index in [-0.39, 0.29) is 0 Å². The number of hydrogen-bond donors (Lipinski definition) is 0. The van der Waals surface area contributed by atoms with E-state index in [9.17, 15) is 0 Å². The Kier molecular flexibility index (Phi) is 20.9. The average Bonchev–Trinajstić information content (AvgIpc) is 3.94. The van der Waals surface area contributed by atoms with E-state index < -0.39 is 0 Å². The van der Waals surface area contributed by atoms with E-state index in [2.05, 4.69) is 195 Å². The van der Waals surface area contributed by atoms with Gasteiger partial charge in [0, 0.05) is 67.0 Å². The van der Waals surface area contributed by atoms with E-state index in [1.807, 2.05) is 102 Å². The lowest BCUT2D eigenvalue weighted by atomic mass is 10.0. The van der Waals surface area contributed by atoms with Crippen molar-refractivity contribution in [2.45, 2.75) is 45.9 Å². The van der Waals surface area contributed by atoms with Gasteiger partial charge in [0.1, 0.15) is 0 Å². The summed E-state index contributed by atoms with van der Waals surface area (Å²) < 4.78 is 2.62. The maximum Gasteiger partial charge on any atom is 0.0468 e. The number of fused-ring (bicyclic) bond motifs is 4. The average molecular weight is 889 g/mol. The number of likely N-dealkylation sites (N-methyl/N-ethyl adjacent to an activating group) is 1. The van der Waals surface area contributed by atoms with Crippen LogP contribution in [0.2, 0.25) is 0 Å². The highest BCUT2D eigenvalue weighted by Gasteiger charge is 2.15. The Morgan fingerprint density at radius 2 is 1.02 bits per heavy atom. The number of anilines is 4. The molecule has 1 aliphatic heterocycles. The Hall–Kier alpha value is -6.85. The van der Waals surface area contributed by atoms with Gasteiger partial charge in [-0.2, -0.15) is 0 Å². The van der Waals surface area contributed by atoms with Crippen molar-refractivity contribution < 1.29 is 0 Å². The van der Waals surface area contributed by atoms with Crippen LogP contribution in [-0.2, 0) is 6.42 Å². The Balaban J connectivity index is 0.000000383. The molecule has 0 N–H and O–H groups in total. The van der Waals surface area contributed by atoms with Crippen LogP contribution < -0.4 is 9.80 Å². The van der Waals surface area contributed by atoms with Gasteiger partial charge in [-0.3, -0.25) is 0 Å². The lowest BCUT2D eigenvalue weighted by Crippen LogP contribution is -2.13. The third-order valence-corrected chi connectivity index (χ3v) is 12.5. The van der Waals surface area contributed by atoms with Crippen molar-refractivity contribution in [3.05, 3.63) is 261 Å². The first-order valence-electron chi connectivity index (χ1n) is 21.8. The fourth-order valence-corrected chi connectivity index (χ4v) is 8.64.